The van der Waals surface area contributed by atoms with Gasteiger partial charge in [0.25, 0.3) is 5.56 Å². The summed E-state index contributed by atoms with van der Waals surface area (Å²) in [5.41, 5.74) is 2.89. The molecule has 0 spiro atoms. The molecule has 0 amide bonds. The van der Waals surface area contributed by atoms with E-state index in [0.29, 0.717) is 0 Å². The van der Waals surface area contributed by atoms with E-state index in [2.05, 4.69) is 52.3 Å². The van der Waals surface area contributed by atoms with Gasteiger partial charge in [-0.3, -0.25) is 4.79 Å². The van der Waals surface area contributed by atoms with E-state index in [0.717, 1.165) is 54.0 Å². The number of aromatic nitrogens is 1. The van der Waals surface area contributed by atoms with Crippen molar-refractivity contribution in [3.63, 3.8) is 0 Å². The number of hydrogen-bond acceptors (Lipinski definition) is 3. The van der Waals surface area contributed by atoms with Crippen LogP contribution in [0.25, 0.3) is 32.8 Å². The highest BCUT2D eigenvalue weighted by molar-refractivity contribution is 5.90. The Kier molecular flexibility index (Phi) is 3.91. The van der Waals surface area contributed by atoms with E-state index in [1.165, 1.54) is 10.8 Å². The molecule has 1 N–H and O–H groups in total. The lowest BCUT2D eigenvalue weighted by atomic mass is 10.0. The van der Waals surface area contributed by atoms with Crippen LogP contribution in [0.1, 0.15) is 0 Å². The van der Waals surface area contributed by atoms with Crippen LogP contribution in [0.3, 0.4) is 0 Å². The maximum atomic E-state index is 12.8. The number of hydrogen-bond donors (Lipinski definition) is 1. The first-order chi connectivity index (χ1) is 13.3. The standard InChI is InChI=1S/C23H20N2O2/c26-23-21-15-20(25-9-11-27-12-10-25)8-7-18(21)14-22(24-23)19-6-5-16-3-1-2-4-17(16)13-19/h1-8,13-15H,9-12H2,(H,24,26). The van der Waals surface area contributed by atoms with E-state index in [4.69, 9.17) is 4.74 Å². The van der Waals surface area contributed by atoms with Crippen molar-refractivity contribution in [2.24, 2.45) is 0 Å². The summed E-state index contributed by atoms with van der Waals surface area (Å²) >= 11 is 0. The number of nitrogens with zero attached hydrogens (tertiary/aromatic N) is 1. The van der Waals surface area contributed by atoms with E-state index in [9.17, 15) is 4.79 Å². The lowest BCUT2D eigenvalue weighted by molar-refractivity contribution is 0.122. The molecule has 0 bridgehead atoms. The molecular formula is C23H20N2O2. The molecule has 2 heterocycles. The Labute approximate surface area is 157 Å². The van der Waals surface area contributed by atoms with Gasteiger partial charge in [0.1, 0.15) is 0 Å². The van der Waals surface area contributed by atoms with E-state index < -0.39 is 0 Å². The fraction of sp³-hybridized carbons (Fsp3) is 0.174. The topological polar surface area (TPSA) is 45.3 Å². The lowest BCUT2D eigenvalue weighted by Gasteiger charge is -2.29. The summed E-state index contributed by atoms with van der Waals surface area (Å²) in [4.78, 5) is 18.1. The Bertz CT molecular complexity index is 1190. The zero-order chi connectivity index (χ0) is 18.2. The van der Waals surface area contributed by atoms with Gasteiger partial charge in [0.05, 0.1) is 13.2 Å². The maximum absolute atomic E-state index is 12.8. The molecule has 4 nitrogen and oxygen atoms in total. The number of ether oxygens (including phenoxy) is 1. The van der Waals surface area contributed by atoms with Crippen molar-refractivity contribution < 1.29 is 4.74 Å². The van der Waals surface area contributed by atoms with Crippen LogP contribution >= 0.6 is 0 Å². The number of morpholine rings is 1. The Morgan fingerprint density at radius 3 is 2.44 bits per heavy atom. The lowest BCUT2D eigenvalue weighted by Crippen LogP contribution is -2.36. The average molecular weight is 356 g/mol. The highest BCUT2D eigenvalue weighted by atomic mass is 16.5. The van der Waals surface area contributed by atoms with Gasteiger partial charge in [0.15, 0.2) is 0 Å². The van der Waals surface area contributed by atoms with E-state index in [1.807, 2.05) is 24.3 Å². The van der Waals surface area contributed by atoms with Crippen LogP contribution in [0.5, 0.6) is 0 Å². The third-order valence-electron chi connectivity index (χ3n) is 5.27. The molecule has 3 aromatic carbocycles. The maximum Gasteiger partial charge on any atom is 0.256 e. The molecule has 1 aromatic heterocycles. The second-order valence-corrected chi connectivity index (χ2v) is 6.95. The van der Waals surface area contributed by atoms with Gasteiger partial charge >= 0.3 is 0 Å². The van der Waals surface area contributed by atoms with Crippen LogP contribution < -0.4 is 10.5 Å². The molecule has 4 aromatic rings. The smallest absolute Gasteiger partial charge is 0.256 e. The molecule has 0 atom stereocenters. The molecule has 0 unspecified atom stereocenters. The second kappa shape index (κ2) is 6.56. The molecule has 5 rings (SSSR count). The summed E-state index contributed by atoms with van der Waals surface area (Å²) in [5.74, 6) is 0. The number of H-pyrrole nitrogens is 1. The molecule has 4 heteroatoms. The second-order valence-electron chi connectivity index (χ2n) is 6.95. The van der Waals surface area contributed by atoms with Crippen LogP contribution in [-0.2, 0) is 4.74 Å². The van der Waals surface area contributed by atoms with Crippen molar-refractivity contribution in [3.8, 4) is 11.3 Å². The number of aromatic amines is 1. The Morgan fingerprint density at radius 2 is 1.59 bits per heavy atom. The first-order valence-corrected chi connectivity index (χ1v) is 9.27. The fourth-order valence-corrected chi connectivity index (χ4v) is 3.78. The Morgan fingerprint density at radius 1 is 0.815 bits per heavy atom. The molecule has 1 aliphatic rings. The average Bonchev–Trinajstić information content (AvgIpc) is 2.74. The zero-order valence-electron chi connectivity index (χ0n) is 14.9. The summed E-state index contributed by atoms with van der Waals surface area (Å²) in [6.45, 7) is 3.18. The molecule has 1 aliphatic heterocycles. The zero-order valence-corrected chi connectivity index (χ0v) is 14.9. The van der Waals surface area contributed by atoms with E-state index in [1.54, 1.807) is 0 Å². The predicted octanol–water partition coefficient (Wildman–Crippen LogP) is 4.18. The van der Waals surface area contributed by atoms with E-state index >= 15 is 0 Å². The molecule has 134 valence electrons. The highest BCUT2D eigenvalue weighted by Crippen LogP contribution is 2.26. The predicted molar refractivity (Wildman–Crippen MR) is 111 cm³/mol. The summed E-state index contributed by atoms with van der Waals surface area (Å²) in [6, 6.07) is 22.7. The molecule has 1 fully saturated rings. The number of fused-ring (bicyclic) bond motifs is 2. The monoisotopic (exact) mass is 356 g/mol. The third-order valence-corrected chi connectivity index (χ3v) is 5.27. The number of benzene rings is 3. The van der Waals surface area contributed by atoms with Gasteiger partial charge in [-0.2, -0.15) is 0 Å². The normalized spacial score (nSPS) is 14.7. The molecule has 0 aliphatic carbocycles. The summed E-state index contributed by atoms with van der Waals surface area (Å²) < 4.78 is 5.42. The van der Waals surface area contributed by atoms with E-state index in [-0.39, 0.29) is 5.56 Å². The molecule has 27 heavy (non-hydrogen) atoms. The summed E-state index contributed by atoms with van der Waals surface area (Å²) in [5, 5.41) is 4.04. The SMILES string of the molecule is O=c1[nH]c(-c2ccc3ccccc3c2)cc2ccc(N3CCOCC3)cc12. The first kappa shape index (κ1) is 16.1. The van der Waals surface area contributed by atoms with Gasteiger partial charge in [0.2, 0.25) is 0 Å². The number of pyridine rings is 1. The van der Waals surface area contributed by atoms with Gasteiger partial charge in [-0.15, -0.1) is 0 Å². The Balaban J connectivity index is 1.58. The fourth-order valence-electron chi connectivity index (χ4n) is 3.78. The van der Waals surface area contributed by atoms with Gasteiger partial charge < -0.3 is 14.6 Å². The molecule has 1 saturated heterocycles. The van der Waals surface area contributed by atoms with Gasteiger partial charge in [-0.05, 0) is 46.0 Å². The minimum Gasteiger partial charge on any atom is -0.378 e. The number of nitrogens with one attached hydrogen (secondary N) is 1. The minimum absolute atomic E-state index is 0.0502. The van der Waals surface area contributed by atoms with Crippen molar-refractivity contribution in [1.82, 2.24) is 4.98 Å². The summed E-state index contributed by atoms with van der Waals surface area (Å²) in [6.07, 6.45) is 0. The summed E-state index contributed by atoms with van der Waals surface area (Å²) in [7, 11) is 0. The Hall–Kier alpha value is -3.11. The minimum atomic E-state index is -0.0502. The number of rotatable bonds is 2. The molecule has 0 saturated carbocycles. The highest BCUT2D eigenvalue weighted by Gasteiger charge is 2.13. The van der Waals surface area contributed by atoms with Crippen molar-refractivity contribution >= 4 is 27.2 Å². The third kappa shape index (κ3) is 2.98. The van der Waals surface area contributed by atoms with Crippen molar-refractivity contribution in [3.05, 3.63) is 77.1 Å². The first-order valence-electron chi connectivity index (χ1n) is 9.27. The van der Waals surface area contributed by atoms with Crippen LogP contribution in [0.4, 0.5) is 5.69 Å². The van der Waals surface area contributed by atoms with Crippen LogP contribution in [-0.4, -0.2) is 31.3 Å². The molecular weight excluding hydrogens is 336 g/mol. The van der Waals surface area contributed by atoms with Gasteiger partial charge in [-0.25, -0.2) is 0 Å². The van der Waals surface area contributed by atoms with Crippen LogP contribution in [0, 0.1) is 0 Å². The quantitative estimate of drug-likeness (QED) is 0.586. The van der Waals surface area contributed by atoms with Crippen molar-refractivity contribution in [2.75, 3.05) is 31.2 Å². The van der Waals surface area contributed by atoms with Crippen LogP contribution in [0.15, 0.2) is 71.5 Å². The molecule has 0 radical (unpaired) electrons. The number of anilines is 1. The largest absolute Gasteiger partial charge is 0.378 e. The van der Waals surface area contributed by atoms with Gasteiger partial charge in [0, 0.05) is 29.9 Å². The van der Waals surface area contributed by atoms with Crippen LogP contribution in [0.2, 0.25) is 0 Å². The van der Waals surface area contributed by atoms with Crippen molar-refractivity contribution in [2.45, 2.75) is 0 Å². The van der Waals surface area contributed by atoms with Crippen molar-refractivity contribution in [1.29, 1.82) is 0 Å². The van der Waals surface area contributed by atoms with Gasteiger partial charge in [-0.1, -0.05) is 42.5 Å².